The fourth-order valence-corrected chi connectivity index (χ4v) is 1.87. The normalized spacial score (nSPS) is 10.3. The number of carbonyl (C=O) groups is 2. The highest BCUT2D eigenvalue weighted by atomic mass is 32.1. The van der Waals surface area contributed by atoms with Crippen LogP contribution in [-0.2, 0) is 7.05 Å². The second-order valence-corrected chi connectivity index (χ2v) is 4.12. The summed E-state index contributed by atoms with van der Waals surface area (Å²) in [5.74, 6) is -0.249. The molecule has 0 saturated heterocycles. The maximum absolute atomic E-state index is 11.7. The molecular weight excluding hydrogens is 226 g/mol. The predicted molar refractivity (Wildman–Crippen MR) is 58.6 cm³/mol. The summed E-state index contributed by atoms with van der Waals surface area (Å²) in [6.07, 6.45) is 4.56. The Morgan fingerprint density at radius 3 is 2.69 bits per heavy atom. The summed E-state index contributed by atoms with van der Waals surface area (Å²) >= 11 is 1.23. The van der Waals surface area contributed by atoms with Crippen LogP contribution in [0.1, 0.15) is 26.8 Å². The van der Waals surface area contributed by atoms with E-state index in [1.165, 1.54) is 17.5 Å². The van der Waals surface area contributed by atoms with Crippen LogP contribution in [0.2, 0.25) is 0 Å². The molecule has 0 spiro atoms. The third kappa shape index (κ3) is 2.06. The molecule has 82 valence electrons. The van der Waals surface area contributed by atoms with Crippen molar-refractivity contribution in [2.24, 2.45) is 7.05 Å². The Hall–Kier alpha value is -1.82. The zero-order valence-corrected chi connectivity index (χ0v) is 9.40. The summed E-state index contributed by atoms with van der Waals surface area (Å²) < 4.78 is 1.59. The number of carbonyl (C=O) groups excluding carboxylic acids is 2. The first-order valence-corrected chi connectivity index (χ1v) is 5.49. The number of rotatable bonds is 4. The Kier molecular flexibility index (Phi) is 2.91. The van der Waals surface area contributed by atoms with Crippen LogP contribution >= 0.6 is 11.3 Å². The van der Waals surface area contributed by atoms with E-state index in [1.807, 2.05) is 0 Å². The van der Waals surface area contributed by atoms with Crippen LogP contribution in [0, 0.1) is 0 Å². The summed E-state index contributed by atoms with van der Waals surface area (Å²) in [4.78, 5) is 31.1. The van der Waals surface area contributed by atoms with E-state index in [4.69, 9.17) is 0 Å². The first kappa shape index (κ1) is 10.7. The topological polar surface area (TPSA) is 64.8 Å². The molecule has 16 heavy (non-hydrogen) atoms. The Labute approximate surface area is 95.8 Å². The summed E-state index contributed by atoms with van der Waals surface area (Å²) in [6.45, 7) is 0. The van der Waals surface area contributed by atoms with Gasteiger partial charge in [0.25, 0.3) is 0 Å². The van der Waals surface area contributed by atoms with E-state index >= 15 is 0 Å². The van der Waals surface area contributed by atoms with Crippen LogP contribution in [0.4, 0.5) is 0 Å². The van der Waals surface area contributed by atoms with Gasteiger partial charge in [0.05, 0.1) is 6.42 Å². The number of nitrogens with zero attached hydrogens (tertiary/aromatic N) is 3. The summed E-state index contributed by atoms with van der Waals surface area (Å²) in [5.41, 5.74) is 0. The molecule has 0 bridgehead atoms. The molecule has 0 atom stereocenters. The molecule has 0 fully saturated rings. The van der Waals surface area contributed by atoms with Crippen LogP contribution in [0.25, 0.3) is 0 Å². The highest BCUT2D eigenvalue weighted by molar-refractivity contribution is 7.11. The molecule has 0 N–H and O–H groups in total. The quantitative estimate of drug-likeness (QED) is 0.592. The van der Waals surface area contributed by atoms with Crippen molar-refractivity contribution in [1.29, 1.82) is 0 Å². The number of aryl methyl sites for hydroxylation is 1. The van der Waals surface area contributed by atoms with E-state index in [0.717, 1.165) is 0 Å². The molecule has 0 unspecified atom stereocenters. The van der Waals surface area contributed by atoms with Crippen LogP contribution in [0.3, 0.4) is 0 Å². The molecule has 2 heterocycles. The van der Waals surface area contributed by atoms with Gasteiger partial charge in [0.15, 0.2) is 16.6 Å². The lowest BCUT2D eigenvalue weighted by Gasteiger charge is -1.98. The number of imidazole rings is 1. The Balaban J connectivity index is 2.09. The molecule has 2 rings (SSSR count). The molecule has 2 aromatic rings. The number of hydrogen-bond acceptors (Lipinski definition) is 5. The van der Waals surface area contributed by atoms with Gasteiger partial charge >= 0.3 is 0 Å². The molecule has 0 aliphatic carbocycles. The van der Waals surface area contributed by atoms with Gasteiger partial charge in [-0.3, -0.25) is 9.59 Å². The number of Topliss-reactive ketones (excluding diaryl/α,β-unsaturated/α-hetero) is 2. The minimum atomic E-state index is -0.285. The zero-order chi connectivity index (χ0) is 11.5. The monoisotopic (exact) mass is 235 g/mol. The van der Waals surface area contributed by atoms with Crippen molar-refractivity contribution in [2.45, 2.75) is 6.42 Å². The molecule has 0 aromatic carbocycles. The van der Waals surface area contributed by atoms with Crippen molar-refractivity contribution >= 4 is 22.9 Å². The van der Waals surface area contributed by atoms with Gasteiger partial charge in [0.2, 0.25) is 5.78 Å². The standard InChI is InChI=1S/C10H9N3O2S/c1-13-4-2-11-9(13)7(14)6-8(15)10-12-3-5-16-10/h2-5H,6H2,1H3. The molecule has 6 heteroatoms. The second kappa shape index (κ2) is 4.36. The van der Waals surface area contributed by atoms with Gasteiger partial charge in [0.1, 0.15) is 0 Å². The van der Waals surface area contributed by atoms with Gasteiger partial charge in [-0.05, 0) is 0 Å². The van der Waals surface area contributed by atoms with Gasteiger partial charge < -0.3 is 4.57 Å². The lowest BCUT2D eigenvalue weighted by atomic mass is 10.2. The average Bonchev–Trinajstić information content (AvgIpc) is 2.86. The fourth-order valence-electron chi connectivity index (χ4n) is 1.30. The lowest BCUT2D eigenvalue weighted by molar-refractivity contribution is 0.0886. The fraction of sp³-hybridized carbons (Fsp3) is 0.200. The predicted octanol–water partition coefficient (Wildman–Crippen LogP) is 1.33. The Morgan fingerprint density at radius 2 is 2.12 bits per heavy atom. The summed E-state index contributed by atoms with van der Waals surface area (Å²) in [6, 6.07) is 0. The molecule has 0 aliphatic heterocycles. The van der Waals surface area contributed by atoms with Gasteiger partial charge in [-0.25, -0.2) is 9.97 Å². The third-order valence-electron chi connectivity index (χ3n) is 2.06. The van der Waals surface area contributed by atoms with E-state index in [1.54, 1.807) is 29.4 Å². The highest BCUT2D eigenvalue weighted by Crippen LogP contribution is 2.09. The number of aromatic nitrogens is 3. The number of hydrogen-bond donors (Lipinski definition) is 0. The zero-order valence-electron chi connectivity index (χ0n) is 8.58. The molecule has 2 aromatic heterocycles. The van der Waals surface area contributed by atoms with Crippen molar-refractivity contribution in [2.75, 3.05) is 0 Å². The van der Waals surface area contributed by atoms with Crippen molar-refractivity contribution in [3.63, 3.8) is 0 Å². The Morgan fingerprint density at radius 1 is 1.31 bits per heavy atom. The smallest absolute Gasteiger partial charge is 0.206 e. The minimum absolute atomic E-state index is 0.182. The number of ketones is 2. The van der Waals surface area contributed by atoms with E-state index < -0.39 is 0 Å². The van der Waals surface area contributed by atoms with Gasteiger partial charge in [0, 0.05) is 31.0 Å². The third-order valence-corrected chi connectivity index (χ3v) is 2.88. The van der Waals surface area contributed by atoms with E-state index in [9.17, 15) is 9.59 Å². The van der Waals surface area contributed by atoms with Gasteiger partial charge in [-0.15, -0.1) is 11.3 Å². The van der Waals surface area contributed by atoms with Crippen molar-refractivity contribution < 1.29 is 9.59 Å². The molecule has 0 amide bonds. The van der Waals surface area contributed by atoms with Crippen LogP contribution in [0.5, 0.6) is 0 Å². The van der Waals surface area contributed by atoms with E-state index in [2.05, 4.69) is 9.97 Å². The van der Waals surface area contributed by atoms with Gasteiger partial charge in [-0.1, -0.05) is 0 Å². The SMILES string of the molecule is Cn1ccnc1C(=O)CC(=O)c1nccs1. The summed E-state index contributed by atoms with van der Waals surface area (Å²) in [7, 11) is 1.72. The molecule has 0 saturated carbocycles. The Bertz CT molecular complexity index is 516. The largest absolute Gasteiger partial charge is 0.332 e. The van der Waals surface area contributed by atoms with Gasteiger partial charge in [-0.2, -0.15) is 0 Å². The lowest BCUT2D eigenvalue weighted by Crippen LogP contribution is -2.12. The van der Waals surface area contributed by atoms with E-state index in [-0.39, 0.29) is 18.0 Å². The summed E-state index contributed by atoms with van der Waals surface area (Å²) in [5, 5.41) is 2.07. The molecule has 0 aliphatic rings. The van der Waals surface area contributed by atoms with E-state index in [0.29, 0.717) is 10.8 Å². The van der Waals surface area contributed by atoms with Crippen LogP contribution < -0.4 is 0 Å². The van der Waals surface area contributed by atoms with Crippen LogP contribution in [0.15, 0.2) is 24.0 Å². The first-order chi connectivity index (χ1) is 7.68. The minimum Gasteiger partial charge on any atom is -0.332 e. The molecular formula is C10H9N3O2S. The maximum atomic E-state index is 11.7. The molecule has 5 nitrogen and oxygen atoms in total. The van der Waals surface area contributed by atoms with Crippen molar-refractivity contribution in [3.8, 4) is 0 Å². The van der Waals surface area contributed by atoms with Crippen LogP contribution in [-0.4, -0.2) is 26.1 Å². The first-order valence-electron chi connectivity index (χ1n) is 4.61. The molecule has 0 radical (unpaired) electrons. The highest BCUT2D eigenvalue weighted by Gasteiger charge is 2.18. The second-order valence-electron chi connectivity index (χ2n) is 3.22. The number of thiazole rings is 1. The van der Waals surface area contributed by atoms with Crippen molar-refractivity contribution in [3.05, 3.63) is 34.8 Å². The average molecular weight is 235 g/mol. The maximum Gasteiger partial charge on any atom is 0.206 e. The van der Waals surface area contributed by atoms with Crippen molar-refractivity contribution in [1.82, 2.24) is 14.5 Å².